The Balaban J connectivity index is 4.59. The van der Waals surface area contributed by atoms with E-state index in [2.05, 4.69) is 5.32 Å². The Morgan fingerprint density at radius 3 is 2.14 bits per heavy atom. The van der Waals surface area contributed by atoms with Crippen LogP contribution in [-0.2, 0) is 19.1 Å². The molecule has 0 aromatic rings. The van der Waals surface area contributed by atoms with Gasteiger partial charge < -0.3 is 20.3 Å². The molecule has 122 valence electrons. The van der Waals surface area contributed by atoms with Gasteiger partial charge in [-0.3, -0.25) is 9.59 Å². The van der Waals surface area contributed by atoms with Gasteiger partial charge in [0.15, 0.2) is 0 Å². The standard InChI is InChI=1S/C14H25NO6/c1-5-21-14(20)9(4)7-10(13(18)19)15-12(17)11(16)6-8(2)3/h8-11,16H,5-7H2,1-4H3,(H,15,17)(H,18,19)/t9-,10-,11-/m0/s1. The van der Waals surface area contributed by atoms with Crippen LogP contribution in [0.2, 0.25) is 0 Å². The molecule has 0 heterocycles. The van der Waals surface area contributed by atoms with Crippen molar-refractivity contribution in [2.24, 2.45) is 11.8 Å². The first kappa shape index (κ1) is 19.4. The van der Waals surface area contributed by atoms with E-state index in [1.54, 1.807) is 6.92 Å². The van der Waals surface area contributed by atoms with Gasteiger partial charge in [0.1, 0.15) is 12.1 Å². The van der Waals surface area contributed by atoms with E-state index >= 15 is 0 Å². The van der Waals surface area contributed by atoms with Crippen LogP contribution in [-0.4, -0.2) is 46.8 Å². The summed E-state index contributed by atoms with van der Waals surface area (Å²) >= 11 is 0. The average molecular weight is 303 g/mol. The van der Waals surface area contributed by atoms with Crippen LogP contribution in [0, 0.1) is 11.8 Å². The molecule has 7 nitrogen and oxygen atoms in total. The lowest BCUT2D eigenvalue weighted by Gasteiger charge is -2.20. The predicted molar refractivity (Wildman–Crippen MR) is 75.4 cm³/mol. The number of aliphatic carboxylic acids is 1. The number of carboxylic acid groups (broad SMARTS) is 1. The molecule has 0 aromatic heterocycles. The maximum atomic E-state index is 11.7. The van der Waals surface area contributed by atoms with E-state index in [9.17, 15) is 19.5 Å². The summed E-state index contributed by atoms with van der Waals surface area (Å²) in [5, 5.41) is 21.0. The van der Waals surface area contributed by atoms with Crippen molar-refractivity contribution in [2.75, 3.05) is 6.61 Å². The summed E-state index contributed by atoms with van der Waals surface area (Å²) in [5.41, 5.74) is 0. The van der Waals surface area contributed by atoms with Crippen LogP contribution in [0.25, 0.3) is 0 Å². The van der Waals surface area contributed by atoms with Crippen LogP contribution in [0.3, 0.4) is 0 Å². The summed E-state index contributed by atoms with van der Waals surface area (Å²) in [7, 11) is 0. The number of hydrogen-bond acceptors (Lipinski definition) is 5. The van der Waals surface area contributed by atoms with Crippen molar-refractivity contribution >= 4 is 17.8 Å². The minimum absolute atomic E-state index is 0.0890. The zero-order valence-electron chi connectivity index (χ0n) is 13.0. The van der Waals surface area contributed by atoms with Crippen LogP contribution in [0.5, 0.6) is 0 Å². The molecule has 0 aromatic carbocycles. The SMILES string of the molecule is CCOC(=O)[C@@H](C)C[C@H](NC(=O)[C@@H](O)CC(C)C)C(=O)O. The minimum Gasteiger partial charge on any atom is -0.480 e. The number of rotatable bonds is 9. The Labute approximate surface area is 124 Å². The highest BCUT2D eigenvalue weighted by atomic mass is 16.5. The number of aliphatic hydroxyl groups is 1. The van der Waals surface area contributed by atoms with Crippen molar-refractivity contribution in [2.45, 2.75) is 52.7 Å². The van der Waals surface area contributed by atoms with Crippen molar-refractivity contribution in [3.8, 4) is 0 Å². The van der Waals surface area contributed by atoms with E-state index in [0.717, 1.165) is 0 Å². The van der Waals surface area contributed by atoms with Crippen LogP contribution in [0.4, 0.5) is 0 Å². The van der Waals surface area contributed by atoms with Crippen LogP contribution < -0.4 is 5.32 Å². The Bertz CT molecular complexity index is 368. The molecular formula is C14H25NO6. The second-order valence-electron chi connectivity index (χ2n) is 5.43. The van der Waals surface area contributed by atoms with Gasteiger partial charge >= 0.3 is 11.9 Å². The van der Waals surface area contributed by atoms with E-state index in [0.29, 0.717) is 0 Å². The van der Waals surface area contributed by atoms with Crippen molar-refractivity contribution < 1.29 is 29.3 Å². The van der Waals surface area contributed by atoms with Crippen LogP contribution >= 0.6 is 0 Å². The number of hydrogen-bond donors (Lipinski definition) is 3. The van der Waals surface area contributed by atoms with Gasteiger partial charge in [-0.15, -0.1) is 0 Å². The summed E-state index contributed by atoms with van der Waals surface area (Å²) in [5.74, 6) is -3.06. The number of carboxylic acids is 1. The maximum absolute atomic E-state index is 11.7. The third-order valence-corrected chi connectivity index (χ3v) is 2.89. The van der Waals surface area contributed by atoms with E-state index < -0.39 is 35.9 Å². The second-order valence-corrected chi connectivity index (χ2v) is 5.43. The number of carbonyl (C=O) groups is 3. The molecule has 0 fully saturated rings. The molecule has 1 amide bonds. The van der Waals surface area contributed by atoms with Gasteiger partial charge in [0.05, 0.1) is 12.5 Å². The van der Waals surface area contributed by atoms with Crippen molar-refractivity contribution in [3.05, 3.63) is 0 Å². The first-order valence-corrected chi connectivity index (χ1v) is 7.06. The summed E-state index contributed by atoms with van der Waals surface area (Å²) < 4.78 is 4.80. The zero-order valence-corrected chi connectivity index (χ0v) is 13.0. The Morgan fingerprint density at radius 2 is 1.71 bits per heavy atom. The maximum Gasteiger partial charge on any atom is 0.326 e. The van der Waals surface area contributed by atoms with Crippen LogP contribution in [0.1, 0.15) is 40.5 Å². The molecule has 3 atom stereocenters. The van der Waals surface area contributed by atoms with Crippen molar-refractivity contribution in [1.29, 1.82) is 0 Å². The average Bonchev–Trinajstić information content (AvgIpc) is 2.36. The van der Waals surface area contributed by atoms with Gasteiger partial charge in [-0.05, 0) is 25.7 Å². The molecule has 0 saturated heterocycles. The van der Waals surface area contributed by atoms with Crippen molar-refractivity contribution in [3.63, 3.8) is 0 Å². The zero-order chi connectivity index (χ0) is 16.6. The fraction of sp³-hybridized carbons (Fsp3) is 0.786. The molecule has 7 heteroatoms. The lowest BCUT2D eigenvalue weighted by atomic mass is 10.0. The van der Waals surface area contributed by atoms with Gasteiger partial charge in [0.25, 0.3) is 0 Å². The first-order chi connectivity index (χ1) is 9.68. The topological polar surface area (TPSA) is 113 Å². The summed E-state index contributed by atoms with van der Waals surface area (Å²) in [4.78, 5) is 34.4. The first-order valence-electron chi connectivity index (χ1n) is 7.06. The smallest absolute Gasteiger partial charge is 0.326 e. The lowest BCUT2D eigenvalue weighted by molar-refractivity contribution is -0.149. The fourth-order valence-electron chi connectivity index (χ4n) is 1.78. The molecule has 21 heavy (non-hydrogen) atoms. The Morgan fingerprint density at radius 1 is 1.14 bits per heavy atom. The summed E-state index contributed by atoms with van der Waals surface area (Å²) in [6, 6.07) is -1.24. The highest BCUT2D eigenvalue weighted by Crippen LogP contribution is 2.10. The highest BCUT2D eigenvalue weighted by Gasteiger charge is 2.28. The molecule has 0 aliphatic heterocycles. The number of nitrogens with one attached hydrogen (secondary N) is 1. The molecule has 0 aliphatic rings. The van der Waals surface area contributed by atoms with E-state index in [1.807, 2.05) is 13.8 Å². The Hall–Kier alpha value is -1.63. The third kappa shape index (κ3) is 7.65. The number of esters is 1. The molecule has 0 aliphatic carbocycles. The number of ether oxygens (including phenoxy) is 1. The molecular weight excluding hydrogens is 278 g/mol. The van der Waals surface area contributed by atoms with Gasteiger partial charge in [0, 0.05) is 0 Å². The molecule has 0 saturated carbocycles. The third-order valence-electron chi connectivity index (χ3n) is 2.89. The number of aliphatic hydroxyl groups excluding tert-OH is 1. The molecule has 0 radical (unpaired) electrons. The molecule has 0 bridgehead atoms. The van der Waals surface area contributed by atoms with Crippen LogP contribution in [0.15, 0.2) is 0 Å². The summed E-state index contributed by atoms with van der Waals surface area (Å²) in [6.45, 7) is 7.08. The van der Waals surface area contributed by atoms with Gasteiger partial charge in [-0.2, -0.15) is 0 Å². The minimum atomic E-state index is -1.26. The lowest BCUT2D eigenvalue weighted by Crippen LogP contribution is -2.47. The van der Waals surface area contributed by atoms with Gasteiger partial charge in [0.2, 0.25) is 5.91 Å². The number of amides is 1. The molecule has 0 rings (SSSR count). The van der Waals surface area contributed by atoms with Gasteiger partial charge in [-0.1, -0.05) is 20.8 Å². The van der Waals surface area contributed by atoms with E-state index in [4.69, 9.17) is 9.84 Å². The highest BCUT2D eigenvalue weighted by molar-refractivity contribution is 5.86. The van der Waals surface area contributed by atoms with E-state index in [1.165, 1.54) is 6.92 Å². The normalized spacial score (nSPS) is 15.1. The molecule has 3 N–H and O–H groups in total. The molecule has 0 spiro atoms. The quantitative estimate of drug-likeness (QED) is 0.536. The second kappa shape index (κ2) is 9.33. The summed E-state index contributed by atoms with van der Waals surface area (Å²) in [6.07, 6.45) is -1.11. The largest absolute Gasteiger partial charge is 0.480 e. The monoisotopic (exact) mass is 303 g/mol. The van der Waals surface area contributed by atoms with Crippen molar-refractivity contribution in [1.82, 2.24) is 5.32 Å². The van der Waals surface area contributed by atoms with E-state index in [-0.39, 0.29) is 25.4 Å². The fourth-order valence-corrected chi connectivity index (χ4v) is 1.78. The van der Waals surface area contributed by atoms with Gasteiger partial charge in [-0.25, -0.2) is 4.79 Å². The number of carbonyl (C=O) groups excluding carboxylic acids is 2. The predicted octanol–water partition coefficient (Wildman–Crippen LogP) is 0.552. The Kier molecular flexibility index (Phi) is 8.61. The molecule has 0 unspecified atom stereocenters.